The number of rotatable bonds is 8. The highest BCUT2D eigenvalue weighted by atomic mass is 32.2. The van der Waals surface area contributed by atoms with E-state index in [1.807, 2.05) is 24.4 Å². The molecule has 0 radical (unpaired) electrons. The first-order valence-corrected chi connectivity index (χ1v) is 15.1. The van der Waals surface area contributed by atoms with Gasteiger partial charge >= 0.3 is 0 Å². The smallest absolute Gasteiger partial charge is 0.295 e. The maximum atomic E-state index is 11.0. The van der Waals surface area contributed by atoms with Crippen molar-refractivity contribution < 1.29 is 13.0 Å². The Balaban J connectivity index is 0.000000194. The van der Waals surface area contributed by atoms with Crippen molar-refractivity contribution >= 4 is 31.9 Å². The van der Waals surface area contributed by atoms with Crippen molar-refractivity contribution in [3.63, 3.8) is 0 Å². The first-order chi connectivity index (χ1) is 19.4. The summed E-state index contributed by atoms with van der Waals surface area (Å²) in [5.41, 5.74) is 10.5. The molecule has 5 aromatic rings. The highest BCUT2D eigenvalue weighted by Gasteiger charge is 2.27. The maximum absolute atomic E-state index is 11.0. The topological polar surface area (TPSA) is 125 Å². The molecule has 208 valence electrons. The van der Waals surface area contributed by atoms with Gasteiger partial charge in [0, 0.05) is 11.6 Å². The zero-order chi connectivity index (χ0) is 28.0. The zero-order valence-corrected chi connectivity index (χ0v) is 23.2. The summed E-state index contributed by atoms with van der Waals surface area (Å²) in [5.74, 6) is 1.03. The number of unbranched alkanes of at least 4 members (excludes halogenated alkanes) is 1. The first-order valence-electron chi connectivity index (χ1n) is 13.7. The molecule has 1 aliphatic carbocycles. The molecule has 3 aromatic carbocycles. The van der Waals surface area contributed by atoms with E-state index in [0.717, 1.165) is 67.6 Å². The van der Waals surface area contributed by atoms with E-state index < -0.39 is 10.1 Å². The Morgan fingerprint density at radius 1 is 0.975 bits per heavy atom. The van der Waals surface area contributed by atoms with E-state index in [-0.39, 0.29) is 4.90 Å². The van der Waals surface area contributed by atoms with Crippen molar-refractivity contribution in [3.8, 4) is 0 Å². The fraction of sp³-hybridized carbons (Fsp3) is 0.290. The van der Waals surface area contributed by atoms with Crippen LogP contribution in [0.15, 0.2) is 90.0 Å². The van der Waals surface area contributed by atoms with E-state index in [1.54, 1.807) is 30.3 Å². The molecule has 1 atom stereocenters. The quantitative estimate of drug-likeness (QED) is 0.166. The molecule has 6 rings (SSSR count). The number of hydrogen-bond donors (Lipinski definition) is 3. The molecule has 0 aliphatic heterocycles. The molecule has 8 nitrogen and oxygen atoms in total. The molecule has 9 heteroatoms. The van der Waals surface area contributed by atoms with E-state index in [1.165, 1.54) is 23.7 Å². The summed E-state index contributed by atoms with van der Waals surface area (Å²) in [4.78, 5) is 15.5. The lowest BCUT2D eigenvalue weighted by Crippen LogP contribution is -2.33. The van der Waals surface area contributed by atoms with Gasteiger partial charge in [0.15, 0.2) is 0 Å². The van der Waals surface area contributed by atoms with Crippen LogP contribution in [-0.4, -0.2) is 45.9 Å². The van der Waals surface area contributed by atoms with Crippen LogP contribution in [0.5, 0.6) is 0 Å². The lowest BCUT2D eigenvalue weighted by Gasteiger charge is -2.34. The van der Waals surface area contributed by atoms with Crippen LogP contribution in [0.1, 0.15) is 48.8 Å². The molecule has 0 saturated carbocycles. The molecule has 2 aromatic heterocycles. The van der Waals surface area contributed by atoms with Crippen molar-refractivity contribution in [3.05, 3.63) is 102 Å². The van der Waals surface area contributed by atoms with Gasteiger partial charge in [0.05, 0.1) is 29.3 Å². The Bertz CT molecular complexity index is 1650. The minimum absolute atomic E-state index is 0.0457. The van der Waals surface area contributed by atoms with Crippen LogP contribution in [0.4, 0.5) is 0 Å². The number of fused-ring (bicyclic) bond motifs is 3. The Morgan fingerprint density at radius 2 is 1.77 bits per heavy atom. The second-order valence-electron chi connectivity index (χ2n) is 10.1. The Hall–Kier alpha value is -3.63. The molecular formula is C31H35N5O3S. The Kier molecular flexibility index (Phi) is 8.86. The molecule has 0 spiro atoms. The predicted molar refractivity (Wildman–Crippen MR) is 158 cm³/mol. The molecule has 0 bridgehead atoms. The summed E-state index contributed by atoms with van der Waals surface area (Å²) < 4.78 is 31.0. The van der Waals surface area contributed by atoms with E-state index in [2.05, 4.69) is 34.1 Å². The SMILES string of the molecule is NCCCCN(Cc1nc2ccccc2[nH]1)C1CCCc2cccnc21.O=S(=O)(O)c1cccc2ccccc12. The number of aromatic nitrogens is 3. The van der Waals surface area contributed by atoms with Crippen LogP contribution >= 0.6 is 0 Å². The van der Waals surface area contributed by atoms with Crippen LogP contribution in [0.25, 0.3) is 21.8 Å². The van der Waals surface area contributed by atoms with Crippen LogP contribution in [-0.2, 0) is 23.1 Å². The van der Waals surface area contributed by atoms with Crippen molar-refractivity contribution in [2.45, 2.75) is 49.6 Å². The fourth-order valence-electron chi connectivity index (χ4n) is 5.44. The fourth-order valence-corrected chi connectivity index (χ4v) is 6.15. The van der Waals surface area contributed by atoms with Crippen LogP contribution in [0.2, 0.25) is 0 Å². The Morgan fingerprint density at radius 3 is 2.60 bits per heavy atom. The number of aryl methyl sites for hydroxylation is 1. The molecule has 40 heavy (non-hydrogen) atoms. The van der Waals surface area contributed by atoms with Gasteiger partial charge in [0.2, 0.25) is 0 Å². The predicted octanol–water partition coefficient (Wildman–Crippen LogP) is 5.66. The van der Waals surface area contributed by atoms with Crippen molar-refractivity contribution in [1.29, 1.82) is 0 Å². The second kappa shape index (κ2) is 12.7. The molecule has 0 fully saturated rings. The lowest BCUT2D eigenvalue weighted by molar-refractivity contribution is 0.159. The monoisotopic (exact) mass is 557 g/mol. The van der Waals surface area contributed by atoms with E-state index >= 15 is 0 Å². The van der Waals surface area contributed by atoms with Crippen LogP contribution in [0.3, 0.4) is 0 Å². The third kappa shape index (κ3) is 6.56. The third-order valence-corrected chi connectivity index (χ3v) is 8.24. The third-order valence-electron chi connectivity index (χ3n) is 7.32. The highest BCUT2D eigenvalue weighted by molar-refractivity contribution is 7.86. The molecule has 4 N–H and O–H groups in total. The second-order valence-corrected chi connectivity index (χ2v) is 11.5. The average Bonchev–Trinajstić information content (AvgIpc) is 3.38. The van der Waals surface area contributed by atoms with Crippen molar-refractivity contribution in [2.24, 2.45) is 5.73 Å². The van der Waals surface area contributed by atoms with Gasteiger partial charge in [0.1, 0.15) is 10.7 Å². The average molecular weight is 558 g/mol. The number of pyridine rings is 1. The van der Waals surface area contributed by atoms with Gasteiger partial charge in [0.25, 0.3) is 10.1 Å². The van der Waals surface area contributed by atoms with Crippen LogP contribution < -0.4 is 5.73 Å². The molecular weight excluding hydrogens is 522 g/mol. The number of nitrogens with two attached hydrogens (primary N) is 1. The van der Waals surface area contributed by atoms with Gasteiger partial charge in [-0.1, -0.05) is 54.6 Å². The number of H-pyrrole nitrogens is 1. The number of nitrogens with one attached hydrogen (secondary N) is 1. The summed E-state index contributed by atoms with van der Waals surface area (Å²) in [7, 11) is -4.13. The Labute approximate surface area is 235 Å². The van der Waals surface area contributed by atoms with Gasteiger partial charge in [-0.3, -0.25) is 14.4 Å². The van der Waals surface area contributed by atoms with E-state index in [9.17, 15) is 8.42 Å². The minimum atomic E-state index is -4.13. The minimum Gasteiger partial charge on any atom is -0.341 e. The number of aromatic amines is 1. The van der Waals surface area contributed by atoms with Crippen molar-refractivity contribution in [2.75, 3.05) is 13.1 Å². The van der Waals surface area contributed by atoms with E-state index in [4.69, 9.17) is 20.3 Å². The summed E-state index contributed by atoms with van der Waals surface area (Å²) in [5, 5.41) is 1.33. The molecule has 0 saturated heterocycles. The molecule has 1 aliphatic rings. The largest absolute Gasteiger partial charge is 0.341 e. The number of para-hydroxylation sites is 2. The van der Waals surface area contributed by atoms with E-state index in [0.29, 0.717) is 11.4 Å². The highest BCUT2D eigenvalue weighted by Crippen LogP contribution is 2.34. The summed E-state index contributed by atoms with van der Waals surface area (Å²) in [6.45, 7) is 2.59. The van der Waals surface area contributed by atoms with Gasteiger partial charge in [-0.2, -0.15) is 8.42 Å². The maximum Gasteiger partial charge on any atom is 0.295 e. The van der Waals surface area contributed by atoms with Gasteiger partial charge in [-0.25, -0.2) is 4.98 Å². The summed E-state index contributed by atoms with van der Waals surface area (Å²) >= 11 is 0. The van der Waals surface area contributed by atoms with Gasteiger partial charge in [-0.05, 0) is 80.4 Å². The van der Waals surface area contributed by atoms with Gasteiger partial charge in [-0.15, -0.1) is 0 Å². The first kappa shape index (κ1) is 27.9. The summed E-state index contributed by atoms with van der Waals surface area (Å²) in [6.07, 6.45) is 7.61. The standard InChI is InChI=1S/C21H27N5.C10H8O3S/c22-12-3-4-14-26(15-20-24-17-9-1-2-10-18(17)25-20)19-11-5-7-16-8-6-13-23-21(16)19;11-14(12,13)10-7-3-5-8-4-1-2-6-9(8)10/h1-2,6,8-10,13,19H,3-5,7,11-12,14-15,22H2,(H,24,25);1-7H,(H,11,12,13). The number of nitrogens with zero attached hydrogens (tertiary/aromatic N) is 3. The molecule has 0 amide bonds. The molecule has 1 unspecified atom stereocenters. The zero-order valence-electron chi connectivity index (χ0n) is 22.4. The molecule has 2 heterocycles. The van der Waals surface area contributed by atoms with Crippen molar-refractivity contribution in [1.82, 2.24) is 19.9 Å². The number of benzene rings is 3. The normalized spacial score (nSPS) is 15.1. The van der Waals surface area contributed by atoms with Gasteiger partial charge < -0.3 is 10.7 Å². The number of imidazole rings is 1. The van der Waals surface area contributed by atoms with Crippen LogP contribution in [0, 0.1) is 0 Å². The summed E-state index contributed by atoms with van der Waals surface area (Å²) in [6, 6.07) is 24.7. The lowest BCUT2D eigenvalue weighted by atomic mass is 9.90. The number of hydrogen-bond acceptors (Lipinski definition) is 6.